The van der Waals surface area contributed by atoms with Crippen molar-refractivity contribution in [2.24, 2.45) is 0 Å². The summed E-state index contributed by atoms with van der Waals surface area (Å²) >= 11 is 0. The minimum atomic E-state index is -0.497. The number of amides is 1. The molecule has 5 nitrogen and oxygen atoms in total. The van der Waals surface area contributed by atoms with E-state index in [4.69, 9.17) is 9.47 Å². The highest BCUT2D eigenvalue weighted by Gasteiger charge is 2.14. The van der Waals surface area contributed by atoms with Crippen LogP contribution in [0, 0.1) is 0 Å². The van der Waals surface area contributed by atoms with E-state index in [1.54, 1.807) is 48.5 Å². The predicted molar refractivity (Wildman–Crippen MR) is 92.6 cm³/mol. The highest BCUT2D eigenvalue weighted by atomic mass is 16.5. The molecule has 0 fully saturated rings. The molecule has 2 aromatic rings. The fourth-order valence-electron chi connectivity index (χ4n) is 2.08. The van der Waals surface area contributed by atoms with E-state index < -0.39 is 5.97 Å². The van der Waals surface area contributed by atoms with Gasteiger partial charge in [0.15, 0.2) is 0 Å². The minimum absolute atomic E-state index is 0.122. The fraction of sp³-hybridized carbons (Fsp3) is 0.263. The lowest BCUT2D eigenvalue weighted by molar-refractivity contribution is 0.0602. The first-order valence-corrected chi connectivity index (χ1v) is 7.80. The maximum Gasteiger partial charge on any atom is 0.339 e. The topological polar surface area (TPSA) is 64.6 Å². The first-order valence-electron chi connectivity index (χ1n) is 7.80. The lowest BCUT2D eigenvalue weighted by atomic mass is 10.1. The van der Waals surface area contributed by atoms with Crippen molar-refractivity contribution in [3.8, 4) is 5.75 Å². The van der Waals surface area contributed by atoms with Crippen LogP contribution in [0.15, 0.2) is 48.5 Å². The Morgan fingerprint density at radius 2 is 1.75 bits per heavy atom. The van der Waals surface area contributed by atoms with Gasteiger partial charge in [0.05, 0.1) is 24.5 Å². The quantitative estimate of drug-likeness (QED) is 0.817. The van der Waals surface area contributed by atoms with E-state index in [0.29, 0.717) is 16.8 Å². The summed E-state index contributed by atoms with van der Waals surface area (Å²) < 4.78 is 10.4. The number of hydrogen-bond acceptors (Lipinski definition) is 4. The molecule has 0 bridgehead atoms. The van der Waals surface area contributed by atoms with Gasteiger partial charge in [0.1, 0.15) is 5.75 Å². The third kappa shape index (κ3) is 4.35. The van der Waals surface area contributed by atoms with E-state index in [9.17, 15) is 9.59 Å². The second-order valence-corrected chi connectivity index (χ2v) is 5.35. The maximum absolute atomic E-state index is 12.4. The van der Waals surface area contributed by atoms with Crippen LogP contribution in [0.25, 0.3) is 0 Å². The summed E-state index contributed by atoms with van der Waals surface area (Å²) in [6.45, 7) is 4.04. The third-order valence-electron chi connectivity index (χ3n) is 3.61. The number of ether oxygens (including phenoxy) is 2. The van der Waals surface area contributed by atoms with Gasteiger partial charge in [0.25, 0.3) is 5.91 Å². The van der Waals surface area contributed by atoms with E-state index in [-0.39, 0.29) is 12.0 Å². The number of carbonyl (C=O) groups is 2. The van der Waals surface area contributed by atoms with Crippen molar-refractivity contribution >= 4 is 17.6 Å². The summed E-state index contributed by atoms with van der Waals surface area (Å²) in [6.07, 6.45) is 1.03. The van der Waals surface area contributed by atoms with Crippen LogP contribution in [0.3, 0.4) is 0 Å². The number of anilines is 1. The molecule has 2 aromatic carbocycles. The average molecular weight is 327 g/mol. The number of rotatable bonds is 6. The van der Waals surface area contributed by atoms with Crippen molar-refractivity contribution < 1.29 is 19.1 Å². The molecule has 126 valence electrons. The normalized spacial score (nSPS) is 11.5. The summed E-state index contributed by atoms with van der Waals surface area (Å²) in [5, 5.41) is 2.73. The second-order valence-electron chi connectivity index (χ2n) is 5.35. The Labute approximate surface area is 141 Å². The largest absolute Gasteiger partial charge is 0.491 e. The minimum Gasteiger partial charge on any atom is -0.491 e. The molecule has 0 aliphatic rings. The summed E-state index contributed by atoms with van der Waals surface area (Å²) in [4.78, 5) is 24.1. The van der Waals surface area contributed by atoms with Crippen LogP contribution in [0.1, 0.15) is 41.0 Å². The van der Waals surface area contributed by atoms with E-state index in [0.717, 1.165) is 12.2 Å². The van der Waals surface area contributed by atoms with Crippen LogP contribution in [0.5, 0.6) is 5.75 Å². The molecule has 1 unspecified atom stereocenters. The molecule has 5 heteroatoms. The van der Waals surface area contributed by atoms with Crippen LogP contribution >= 0.6 is 0 Å². The molecular formula is C19H21NO4. The van der Waals surface area contributed by atoms with Gasteiger partial charge < -0.3 is 14.8 Å². The first kappa shape index (κ1) is 17.5. The molecule has 0 saturated carbocycles. The monoisotopic (exact) mass is 327 g/mol. The van der Waals surface area contributed by atoms with Crippen LogP contribution < -0.4 is 10.1 Å². The summed E-state index contributed by atoms with van der Waals surface area (Å²) in [7, 11) is 1.30. The SMILES string of the molecule is CCC(C)Oc1ccc(C(=O)Nc2ccccc2C(=O)OC)cc1. The van der Waals surface area contributed by atoms with Crippen molar-refractivity contribution in [3.05, 3.63) is 59.7 Å². The van der Waals surface area contributed by atoms with E-state index in [1.807, 2.05) is 13.8 Å². The summed E-state index contributed by atoms with van der Waals surface area (Å²) in [5.74, 6) is -0.0829. The Kier molecular flexibility index (Phi) is 5.95. The van der Waals surface area contributed by atoms with Gasteiger partial charge in [-0.15, -0.1) is 0 Å². The number of esters is 1. The van der Waals surface area contributed by atoms with Crippen molar-refractivity contribution in [1.29, 1.82) is 0 Å². The van der Waals surface area contributed by atoms with E-state index in [1.165, 1.54) is 7.11 Å². The fourth-order valence-corrected chi connectivity index (χ4v) is 2.08. The second kappa shape index (κ2) is 8.15. The molecule has 0 heterocycles. The van der Waals surface area contributed by atoms with Gasteiger partial charge in [-0.3, -0.25) is 4.79 Å². The molecule has 2 rings (SSSR count). The highest BCUT2D eigenvalue weighted by molar-refractivity contribution is 6.08. The Hall–Kier alpha value is -2.82. The highest BCUT2D eigenvalue weighted by Crippen LogP contribution is 2.19. The zero-order valence-corrected chi connectivity index (χ0v) is 14.0. The standard InChI is InChI=1S/C19H21NO4/c1-4-13(2)24-15-11-9-14(10-12-15)18(21)20-17-8-6-5-7-16(17)19(22)23-3/h5-13H,4H2,1-3H3,(H,20,21). The molecule has 24 heavy (non-hydrogen) atoms. The number of carbonyl (C=O) groups excluding carboxylic acids is 2. The number of hydrogen-bond donors (Lipinski definition) is 1. The Morgan fingerprint density at radius 3 is 2.38 bits per heavy atom. The molecule has 1 atom stereocenters. The Balaban J connectivity index is 2.12. The molecule has 0 aliphatic heterocycles. The van der Waals surface area contributed by atoms with Gasteiger partial charge >= 0.3 is 5.97 Å². The molecule has 0 saturated heterocycles. The molecule has 1 N–H and O–H groups in total. The van der Waals surface area contributed by atoms with Crippen LogP contribution in [0.4, 0.5) is 5.69 Å². The lowest BCUT2D eigenvalue weighted by Crippen LogP contribution is -2.15. The van der Waals surface area contributed by atoms with E-state index >= 15 is 0 Å². The Morgan fingerprint density at radius 1 is 1.08 bits per heavy atom. The first-order chi connectivity index (χ1) is 11.5. The summed E-state index contributed by atoms with van der Waals surface area (Å²) in [6, 6.07) is 13.6. The molecule has 0 radical (unpaired) electrons. The van der Waals surface area contributed by atoms with Crippen molar-refractivity contribution in [2.45, 2.75) is 26.4 Å². The van der Waals surface area contributed by atoms with Crippen molar-refractivity contribution in [1.82, 2.24) is 0 Å². The van der Waals surface area contributed by atoms with Gasteiger partial charge in [0.2, 0.25) is 0 Å². The maximum atomic E-state index is 12.4. The Bertz CT molecular complexity index is 710. The van der Waals surface area contributed by atoms with Gasteiger partial charge in [0, 0.05) is 5.56 Å². The molecular weight excluding hydrogens is 306 g/mol. The molecule has 0 aromatic heterocycles. The number of benzene rings is 2. The zero-order valence-electron chi connectivity index (χ0n) is 14.0. The summed E-state index contributed by atoms with van der Waals surface area (Å²) in [5.41, 5.74) is 1.20. The molecule has 0 aliphatic carbocycles. The third-order valence-corrected chi connectivity index (χ3v) is 3.61. The van der Waals surface area contributed by atoms with Crippen LogP contribution in [-0.4, -0.2) is 25.1 Å². The number of methoxy groups -OCH3 is 1. The number of nitrogens with one attached hydrogen (secondary N) is 1. The van der Waals surface area contributed by atoms with E-state index in [2.05, 4.69) is 5.32 Å². The molecule has 0 spiro atoms. The van der Waals surface area contributed by atoms with Crippen molar-refractivity contribution in [3.63, 3.8) is 0 Å². The smallest absolute Gasteiger partial charge is 0.339 e. The van der Waals surface area contributed by atoms with Crippen LogP contribution in [0.2, 0.25) is 0 Å². The van der Waals surface area contributed by atoms with Gasteiger partial charge in [-0.2, -0.15) is 0 Å². The molecule has 1 amide bonds. The van der Waals surface area contributed by atoms with Crippen molar-refractivity contribution in [2.75, 3.05) is 12.4 Å². The van der Waals surface area contributed by atoms with Gasteiger partial charge in [-0.1, -0.05) is 19.1 Å². The average Bonchev–Trinajstić information content (AvgIpc) is 2.62. The van der Waals surface area contributed by atoms with Crippen LogP contribution in [-0.2, 0) is 4.74 Å². The number of para-hydroxylation sites is 1. The lowest BCUT2D eigenvalue weighted by Gasteiger charge is -2.13. The predicted octanol–water partition coefficient (Wildman–Crippen LogP) is 3.90. The van der Waals surface area contributed by atoms with Gasteiger partial charge in [-0.05, 0) is 49.7 Å². The van der Waals surface area contributed by atoms with Gasteiger partial charge in [-0.25, -0.2) is 4.79 Å². The zero-order chi connectivity index (χ0) is 17.5.